The van der Waals surface area contributed by atoms with Gasteiger partial charge in [-0.15, -0.1) is 0 Å². The van der Waals surface area contributed by atoms with Crippen LogP contribution in [-0.4, -0.2) is 24.2 Å². The van der Waals surface area contributed by atoms with Crippen molar-refractivity contribution in [2.45, 2.75) is 39.5 Å². The summed E-state index contributed by atoms with van der Waals surface area (Å²) >= 11 is 0. The van der Waals surface area contributed by atoms with Crippen LogP contribution >= 0.6 is 0 Å². The molecule has 154 valence electrons. The van der Waals surface area contributed by atoms with Crippen molar-refractivity contribution in [3.05, 3.63) is 59.8 Å². The molecule has 4 nitrogen and oxygen atoms in total. The smallest absolute Gasteiger partial charge is 0.213 e. The number of ether oxygens (including phenoxy) is 2. The normalized spacial score (nSPS) is 11.6. The van der Waals surface area contributed by atoms with Crippen LogP contribution in [-0.2, 0) is 0 Å². The van der Waals surface area contributed by atoms with Gasteiger partial charge in [0.05, 0.1) is 25.3 Å². The van der Waals surface area contributed by atoms with E-state index in [1.165, 1.54) is 22.1 Å². The van der Waals surface area contributed by atoms with Crippen LogP contribution < -0.4 is 9.47 Å². The van der Waals surface area contributed by atoms with Gasteiger partial charge in [-0.3, -0.25) is 4.98 Å². The van der Waals surface area contributed by atoms with Crippen LogP contribution in [0.2, 0.25) is 0 Å². The SMILES string of the molecule is COc1ccc2c(C(C)C)cc(-c3ccc4nccc(OC)c4c3C(C)C)cc2n1. The third-order valence-corrected chi connectivity index (χ3v) is 5.66. The summed E-state index contributed by atoms with van der Waals surface area (Å²) in [7, 11) is 3.37. The predicted molar refractivity (Wildman–Crippen MR) is 124 cm³/mol. The third-order valence-electron chi connectivity index (χ3n) is 5.66. The molecule has 30 heavy (non-hydrogen) atoms. The largest absolute Gasteiger partial charge is 0.496 e. The van der Waals surface area contributed by atoms with E-state index in [1.54, 1.807) is 20.4 Å². The van der Waals surface area contributed by atoms with E-state index < -0.39 is 0 Å². The van der Waals surface area contributed by atoms with Gasteiger partial charge in [-0.05, 0) is 58.4 Å². The molecule has 4 heteroatoms. The molecular weight excluding hydrogens is 372 g/mol. The quantitative estimate of drug-likeness (QED) is 0.373. The standard InChI is InChI=1S/C26H28N2O2/c1-15(2)20-13-17(14-22-19(20)8-10-24(28-22)30-6)18-7-9-21-26(25(18)16(3)4)23(29-5)11-12-27-21/h7-16H,1-6H3. The van der Waals surface area contributed by atoms with E-state index in [1.807, 2.05) is 12.1 Å². The molecule has 0 bridgehead atoms. The molecule has 0 spiro atoms. The average Bonchev–Trinajstić information content (AvgIpc) is 2.76. The Hall–Kier alpha value is -3.14. The molecule has 0 fully saturated rings. The predicted octanol–water partition coefficient (Wildman–Crippen LogP) is 6.71. The van der Waals surface area contributed by atoms with Crippen LogP contribution in [0.4, 0.5) is 0 Å². The molecule has 0 radical (unpaired) electrons. The number of hydrogen-bond donors (Lipinski definition) is 0. The van der Waals surface area contributed by atoms with Crippen LogP contribution in [0.1, 0.15) is 50.7 Å². The molecule has 0 unspecified atom stereocenters. The van der Waals surface area contributed by atoms with Crippen LogP contribution in [0.5, 0.6) is 11.6 Å². The Morgan fingerprint density at radius 2 is 1.60 bits per heavy atom. The maximum Gasteiger partial charge on any atom is 0.213 e. The highest BCUT2D eigenvalue weighted by Crippen LogP contribution is 2.41. The number of methoxy groups -OCH3 is 2. The Kier molecular flexibility index (Phi) is 5.33. The summed E-state index contributed by atoms with van der Waals surface area (Å²) in [6, 6.07) is 14.7. The molecular formula is C26H28N2O2. The molecule has 0 aliphatic rings. The summed E-state index contributed by atoms with van der Waals surface area (Å²) in [6.45, 7) is 8.88. The first kappa shape index (κ1) is 20.1. The monoisotopic (exact) mass is 400 g/mol. The molecule has 0 amide bonds. The van der Waals surface area contributed by atoms with Crippen molar-refractivity contribution in [3.8, 4) is 22.8 Å². The lowest BCUT2D eigenvalue weighted by atomic mass is 9.86. The van der Waals surface area contributed by atoms with E-state index in [2.05, 4.69) is 63.0 Å². The Labute approximate surface area is 177 Å². The minimum absolute atomic E-state index is 0.304. The van der Waals surface area contributed by atoms with Gasteiger partial charge in [0.15, 0.2) is 0 Å². The van der Waals surface area contributed by atoms with Gasteiger partial charge in [0, 0.05) is 23.0 Å². The van der Waals surface area contributed by atoms with Gasteiger partial charge in [0.25, 0.3) is 0 Å². The lowest BCUT2D eigenvalue weighted by Gasteiger charge is -2.20. The molecule has 2 heterocycles. The van der Waals surface area contributed by atoms with Gasteiger partial charge in [-0.2, -0.15) is 0 Å². The summed E-state index contributed by atoms with van der Waals surface area (Å²) in [5.74, 6) is 2.16. The summed E-state index contributed by atoms with van der Waals surface area (Å²) in [4.78, 5) is 9.31. The summed E-state index contributed by atoms with van der Waals surface area (Å²) in [5.41, 5.74) is 6.77. The van der Waals surface area contributed by atoms with Crippen LogP contribution in [0.15, 0.2) is 48.7 Å². The summed E-state index contributed by atoms with van der Waals surface area (Å²) in [5, 5.41) is 2.25. The maximum absolute atomic E-state index is 5.70. The Morgan fingerprint density at radius 1 is 0.800 bits per heavy atom. The Morgan fingerprint density at radius 3 is 2.27 bits per heavy atom. The number of hydrogen-bond acceptors (Lipinski definition) is 4. The molecule has 0 saturated carbocycles. The van der Waals surface area contributed by atoms with Crippen LogP contribution in [0.25, 0.3) is 32.9 Å². The molecule has 0 aliphatic heterocycles. The zero-order chi connectivity index (χ0) is 21.4. The highest BCUT2D eigenvalue weighted by molar-refractivity contribution is 5.96. The number of fused-ring (bicyclic) bond motifs is 2. The van der Waals surface area contributed by atoms with E-state index in [0.717, 1.165) is 27.7 Å². The van der Waals surface area contributed by atoms with Gasteiger partial charge in [-0.1, -0.05) is 39.8 Å². The fraction of sp³-hybridized carbons (Fsp3) is 0.308. The minimum Gasteiger partial charge on any atom is -0.496 e. The van der Waals surface area contributed by atoms with Gasteiger partial charge < -0.3 is 9.47 Å². The maximum atomic E-state index is 5.70. The van der Waals surface area contributed by atoms with Crippen molar-refractivity contribution >= 4 is 21.8 Å². The van der Waals surface area contributed by atoms with Gasteiger partial charge in [0.2, 0.25) is 5.88 Å². The highest BCUT2D eigenvalue weighted by atomic mass is 16.5. The van der Waals surface area contributed by atoms with Crippen molar-refractivity contribution in [2.24, 2.45) is 0 Å². The lowest BCUT2D eigenvalue weighted by Crippen LogP contribution is -2.00. The fourth-order valence-electron chi connectivity index (χ4n) is 4.26. The molecule has 0 saturated heterocycles. The number of aromatic nitrogens is 2. The molecule has 2 aromatic carbocycles. The molecule has 2 aromatic heterocycles. The average molecular weight is 401 g/mol. The number of nitrogens with zero attached hydrogens (tertiary/aromatic N) is 2. The lowest BCUT2D eigenvalue weighted by molar-refractivity contribution is 0.399. The number of rotatable bonds is 5. The topological polar surface area (TPSA) is 44.2 Å². The number of pyridine rings is 2. The van der Waals surface area contributed by atoms with Crippen molar-refractivity contribution in [3.63, 3.8) is 0 Å². The van der Waals surface area contributed by atoms with Gasteiger partial charge >= 0.3 is 0 Å². The second-order valence-electron chi connectivity index (χ2n) is 8.23. The molecule has 0 atom stereocenters. The van der Waals surface area contributed by atoms with Gasteiger partial charge in [-0.25, -0.2) is 4.98 Å². The van der Waals surface area contributed by atoms with Crippen LogP contribution in [0, 0.1) is 0 Å². The summed E-state index contributed by atoms with van der Waals surface area (Å²) in [6.07, 6.45) is 1.80. The third kappa shape index (κ3) is 3.36. The van der Waals surface area contributed by atoms with E-state index in [0.29, 0.717) is 17.7 Å². The van der Waals surface area contributed by atoms with E-state index in [4.69, 9.17) is 14.5 Å². The first-order valence-corrected chi connectivity index (χ1v) is 10.4. The Balaban J connectivity index is 2.08. The molecule has 4 rings (SSSR count). The second-order valence-corrected chi connectivity index (χ2v) is 8.23. The van der Waals surface area contributed by atoms with Crippen molar-refractivity contribution < 1.29 is 9.47 Å². The zero-order valence-corrected chi connectivity index (χ0v) is 18.5. The first-order chi connectivity index (χ1) is 14.4. The van der Waals surface area contributed by atoms with E-state index >= 15 is 0 Å². The van der Waals surface area contributed by atoms with E-state index in [-0.39, 0.29) is 0 Å². The minimum atomic E-state index is 0.304. The Bertz CT molecular complexity index is 1230. The summed E-state index contributed by atoms with van der Waals surface area (Å²) < 4.78 is 11.1. The first-order valence-electron chi connectivity index (χ1n) is 10.4. The van der Waals surface area contributed by atoms with Gasteiger partial charge in [0.1, 0.15) is 5.75 Å². The zero-order valence-electron chi connectivity index (χ0n) is 18.5. The molecule has 0 N–H and O–H groups in total. The van der Waals surface area contributed by atoms with Crippen LogP contribution in [0.3, 0.4) is 0 Å². The molecule has 0 aliphatic carbocycles. The van der Waals surface area contributed by atoms with Crippen molar-refractivity contribution in [1.82, 2.24) is 9.97 Å². The fourth-order valence-corrected chi connectivity index (χ4v) is 4.26. The highest BCUT2D eigenvalue weighted by Gasteiger charge is 2.19. The molecule has 4 aromatic rings. The number of benzene rings is 2. The van der Waals surface area contributed by atoms with Crippen molar-refractivity contribution in [2.75, 3.05) is 14.2 Å². The van der Waals surface area contributed by atoms with Crippen molar-refractivity contribution in [1.29, 1.82) is 0 Å². The second kappa shape index (κ2) is 7.94. The van der Waals surface area contributed by atoms with E-state index in [9.17, 15) is 0 Å².